The average molecular weight is 273 g/mol. The van der Waals surface area contributed by atoms with Gasteiger partial charge in [-0.15, -0.1) is 0 Å². The second kappa shape index (κ2) is 5.10. The molecule has 3 rings (SSSR count). The summed E-state index contributed by atoms with van der Waals surface area (Å²) in [6.07, 6.45) is 6.30. The topological polar surface area (TPSA) is 55.4 Å². The molecule has 18 heavy (non-hydrogen) atoms. The normalized spacial score (nSPS) is 36.6. The fraction of sp³-hybridized carbons (Fsp3) is 1.00. The van der Waals surface area contributed by atoms with Gasteiger partial charge in [-0.1, -0.05) is 0 Å². The van der Waals surface area contributed by atoms with E-state index >= 15 is 0 Å². The molecule has 2 aliphatic carbocycles. The van der Waals surface area contributed by atoms with Crippen LogP contribution in [0.3, 0.4) is 0 Å². The fourth-order valence-corrected chi connectivity index (χ4v) is 4.94. The Kier molecular flexibility index (Phi) is 3.65. The zero-order valence-electron chi connectivity index (χ0n) is 10.8. The lowest BCUT2D eigenvalue weighted by Crippen LogP contribution is -2.36. The summed E-state index contributed by atoms with van der Waals surface area (Å²) in [6.45, 7) is 1.59. The quantitative estimate of drug-likeness (QED) is 0.826. The van der Waals surface area contributed by atoms with Crippen LogP contribution in [-0.4, -0.2) is 33.4 Å². The lowest BCUT2D eigenvalue weighted by molar-refractivity contribution is 0.0655. The van der Waals surface area contributed by atoms with E-state index in [1.54, 1.807) is 0 Å². The number of sulfonamides is 1. The monoisotopic (exact) mass is 273 g/mol. The number of hydrogen-bond acceptors (Lipinski definition) is 3. The van der Waals surface area contributed by atoms with Crippen molar-refractivity contribution < 1.29 is 13.2 Å². The first-order valence-corrected chi connectivity index (χ1v) is 8.85. The number of fused-ring (bicyclic) bond motifs is 1. The summed E-state index contributed by atoms with van der Waals surface area (Å²) >= 11 is 0. The first-order valence-electron chi connectivity index (χ1n) is 7.20. The Hall–Kier alpha value is -0.130. The molecule has 5 heteroatoms. The van der Waals surface area contributed by atoms with Crippen molar-refractivity contribution >= 4 is 10.0 Å². The van der Waals surface area contributed by atoms with Crippen molar-refractivity contribution in [1.29, 1.82) is 0 Å². The third-order valence-corrected chi connectivity index (χ3v) is 6.19. The van der Waals surface area contributed by atoms with Crippen molar-refractivity contribution in [3.8, 4) is 0 Å². The van der Waals surface area contributed by atoms with Gasteiger partial charge in [0.1, 0.15) is 0 Å². The first-order chi connectivity index (χ1) is 8.62. The van der Waals surface area contributed by atoms with E-state index in [-0.39, 0.29) is 6.04 Å². The molecule has 0 amide bonds. The standard InChI is InChI=1S/C13H23NO3S/c15-18(16,6-3-10-1-4-17-5-2-10)14-13-8-11-7-12(11)9-13/h10-14H,1-9H2. The molecule has 1 N–H and O–H groups in total. The van der Waals surface area contributed by atoms with E-state index in [0.29, 0.717) is 11.7 Å². The van der Waals surface area contributed by atoms with Crippen molar-refractivity contribution in [2.45, 2.75) is 44.6 Å². The van der Waals surface area contributed by atoms with Crippen LogP contribution in [0.2, 0.25) is 0 Å². The van der Waals surface area contributed by atoms with Crippen LogP contribution < -0.4 is 4.72 Å². The van der Waals surface area contributed by atoms with Crippen LogP contribution in [0.15, 0.2) is 0 Å². The highest BCUT2D eigenvalue weighted by Crippen LogP contribution is 2.51. The maximum Gasteiger partial charge on any atom is 0.211 e. The van der Waals surface area contributed by atoms with E-state index in [9.17, 15) is 8.42 Å². The molecular formula is C13H23NO3S. The molecule has 1 aliphatic heterocycles. The van der Waals surface area contributed by atoms with Crippen molar-refractivity contribution in [1.82, 2.24) is 4.72 Å². The van der Waals surface area contributed by atoms with Crippen LogP contribution in [0, 0.1) is 17.8 Å². The molecule has 4 nitrogen and oxygen atoms in total. The van der Waals surface area contributed by atoms with E-state index in [4.69, 9.17) is 4.74 Å². The molecule has 2 atom stereocenters. The predicted molar refractivity (Wildman–Crippen MR) is 69.7 cm³/mol. The molecule has 3 aliphatic rings. The summed E-state index contributed by atoms with van der Waals surface area (Å²) in [5.41, 5.74) is 0. The minimum absolute atomic E-state index is 0.230. The van der Waals surface area contributed by atoms with E-state index in [1.165, 1.54) is 6.42 Å². The van der Waals surface area contributed by atoms with Gasteiger partial charge in [0.05, 0.1) is 5.75 Å². The fourth-order valence-electron chi connectivity index (χ4n) is 3.48. The van der Waals surface area contributed by atoms with Crippen LogP contribution in [0.25, 0.3) is 0 Å². The highest BCUT2D eigenvalue weighted by Gasteiger charge is 2.46. The first kappa shape index (κ1) is 12.9. The number of ether oxygens (including phenoxy) is 1. The third kappa shape index (κ3) is 3.25. The van der Waals surface area contributed by atoms with E-state index in [2.05, 4.69) is 4.72 Å². The Morgan fingerprint density at radius 1 is 1.06 bits per heavy atom. The van der Waals surface area contributed by atoms with Crippen LogP contribution in [-0.2, 0) is 14.8 Å². The summed E-state index contributed by atoms with van der Waals surface area (Å²) in [5, 5.41) is 0. The Balaban J connectivity index is 1.42. The van der Waals surface area contributed by atoms with Crippen LogP contribution >= 0.6 is 0 Å². The zero-order valence-corrected chi connectivity index (χ0v) is 11.6. The molecule has 2 unspecified atom stereocenters. The molecule has 3 fully saturated rings. The minimum Gasteiger partial charge on any atom is -0.381 e. The number of rotatable bonds is 5. The Bertz CT molecular complexity index is 379. The molecular weight excluding hydrogens is 250 g/mol. The molecule has 104 valence electrons. The molecule has 2 saturated carbocycles. The largest absolute Gasteiger partial charge is 0.381 e. The lowest BCUT2D eigenvalue weighted by Gasteiger charge is -2.22. The number of hydrogen-bond donors (Lipinski definition) is 1. The molecule has 0 spiro atoms. The van der Waals surface area contributed by atoms with Gasteiger partial charge in [0, 0.05) is 19.3 Å². The second-order valence-electron chi connectivity index (χ2n) is 6.21. The van der Waals surface area contributed by atoms with Crippen molar-refractivity contribution in [3.05, 3.63) is 0 Å². The van der Waals surface area contributed by atoms with Crippen molar-refractivity contribution in [3.63, 3.8) is 0 Å². The Morgan fingerprint density at radius 2 is 1.72 bits per heavy atom. The smallest absolute Gasteiger partial charge is 0.211 e. The summed E-state index contributed by atoms with van der Waals surface area (Å²) in [4.78, 5) is 0. The average Bonchev–Trinajstić information content (AvgIpc) is 2.96. The van der Waals surface area contributed by atoms with Gasteiger partial charge < -0.3 is 4.74 Å². The highest BCUT2D eigenvalue weighted by molar-refractivity contribution is 7.89. The maximum atomic E-state index is 12.0. The van der Waals surface area contributed by atoms with E-state index in [0.717, 1.165) is 57.2 Å². The molecule has 0 aromatic rings. The highest BCUT2D eigenvalue weighted by atomic mass is 32.2. The molecule has 0 bridgehead atoms. The van der Waals surface area contributed by atoms with Gasteiger partial charge in [-0.3, -0.25) is 0 Å². The molecule has 0 aromatic carbocycles. The van der Waals surface area contributed by atoms with Gasteiger partial charge >= 0.3 is 0 Å². The zero-order chi connectivity index (χ0) is 12.6. The molecule has 1 heterocycles. The summed E-state index contributed by atoms with van der Waals surface area (Å²) in [6, 6.07) is 0.230. The van der Waals surface area contributed by atoms with Crippen LogP contribution in [0.5, 0.6) is 0 Å². The predicted octanol–water partition coefficient (Wildman–Crippen LogP) is 1.52. The number of nitrogens with one attached hydrogen (secondary N) is 1. The Morgan fingerprint density at radius 3 is 2.39 bits per heavy atom. The second-order valence-corrected chi connectivity index (χ2v) is 8.08. The summed E-state index contributed by atoms with van der Waals surface area (Å²) < 4.78 is 32.2. The van der Waals surface area contributed by atoms with Gasteiger partial charge in [0.15, 0.2) is 0 Å². The Labute approximate surface area is 110 Å². The lowest BCUT2D eigenvalue weighted by atomic mass is 9.98. The van der Waals surface area contributed by atoms with Crippen LogP contribution in [0.1, 0.15) is 38.5 Å². The van der Waals surface area contributed by atoms with Gasteiger partial charge in [-0.05, 0) is 56.3 Å². The van der Waals surface area contributed by atoms with E-state index in [1.807, 2.05) is 0 Å². The molecule has 1 saturated heterocycles. The van der Waals surface area contributed by atoms with E-state index < -0.39 is 10.0 Å². The maximum absolute atomic E-state index is 12.0. The van der Waals surface area contributed by atoms with Gasteiger partial charge in [-0.2, -0.15) is 0 Å². The SMILES string of the molecule is O=S(=O)(CCC1CCOCC1)NC1CC2CC2C1. The van der Waals surface area contributed by atoms with Gasteiger partial charge in [0.25, 0.3) is 0 Å². The summed E-state index contributed by atoms with van der Waals surface area (Å²) in [7, 11) is -3.06. The third-order valence-electron chi connectivity index (χ3n) is 4.73. The van der Waals surface area contributed by atoms with Gasteiger partial charge in [0.2, 0.25) is 10.0 Å². The minimum atomic E-state index is -3.06. The van der Waals surface area contributed by atoms with Crippen molar-refractivity contribution in [2.75, 3.05) is 19.0 Å². The van der Waals surface area contributed by atoms with Crippen molar-refractivity contribution in [2.24, 2.45) is 17.8 Å². The molecule has 0 aromatic heterocycles. The molecule has 0 radical (unpaired) electrons. The van der Waals surface area contributed by atoms with Gasteiger partial charge in [-0.25, -0.2) is 13.1 Å². The summed E-state index contributed by atoms with van der Waals surface area (Å²) in [5.74, 6) is 2.48. The van der Waals surface area contributed by atoms with Crippen LogP contribution in [0.4, 0.5) is 0 Å².